The summed E-state index contributed by atoms with van der Waals surface area (Å²) >= 11 is 0. The molecule has 0 amide bonds. The van der Waals surface area contributed by atoms with Crippen LogP contribution < -0.4 is 11.5 Å². The van der Waals surface area contributed by atoms with Gasteiger partial charge in [-0.1, -0.05) is 12.2 Å². The summed E-state index contributed by atoms with van der Waals surface area (Å²) in [6, 6.07) is 0. The first-order chi connectivity index (χ1) is 5.00. The van der Waals surface area contributed by atoms with Gasteiger partial charge in [-0.25, -0.2) is 4.79 Å². The summed E-state index contributed by atoms with van der Waals surface area (Å²) in [5.41, 5.74) is 9.30. The number of nitrogens with two attached hydrogens (primary N) is 2. The molecule has 11 heavy (non-hydrogen) atoms. The van der Waals surface area contributed by atoms with Crippen LogP contribution in [0, 0.1) is 0 Å². The highest BCUT2D eigenvalue weighted by Gasteiger charge is 2.23. The maximum Gasteiger partial charge on any atom is 0.327 e. The van der Waals surface area contributed by atoms with Crippen LogP contribution >= 0.6 is 0 Å². The first kappa shape index (κ1) is 10.1. The summed E-state index contributed by atoms with van der Waals surface area (Å²) < 4.78 is 0. The fraction of sp³-hybridized carbons (Fsp3) is 0.571. The van der Waals surface area contributed by atoms with Crippen LogP contribution in [0.4, 0.5) is 0 Å². The lowest BCUT2D eigenvalue weighted by atomic mass is 10.0. The van der Waals surface area contributed by atoms with Crippen molar-refractivity contribution in [1.82, 2.24) is 0 Å². The maximum atomic E-state index is 10.4. The van der Waals surface area contributed by atoms with E-state index in [1.165, 1.54) is 13.0 Å². The molecule has 0 bridgehead atoms. The molecule has 0 radical (unpaired) electrons. The quantitative estimate of drug-likeness (QED) is 0.490. The molecule has 0 saturated heterocycles. The molecule has 0 heterocycles. The fourth-order valence-corrected chi connectivity index (χ4v) is 0.496. The van der Waals surface area contributed by atoms with Crippen molar-refractivity contribution in [2.75, 3.05) is 6.54 Å². The standard InChI is InChI=1S/C7H14N2O2/c1-7(9,6(10)11)4-2-3-5-8/h2,4H,3,5,8-9H2,1H3,(H,10,11). The molecular weight excluding hydrogens is 144 g/mol. The summed E-state index contributed by atoms with van der Waals surface area (Å²) in [5, 5.41) is 8.53. The lowest BCUT2D eigenvalue weighted by Gasteiger charge is -2.12. The van der Waals surface area contributed by atoms with Gasteiger partial charge in [0.15, 0.2) is 0 Å². The Bertz CT molecular complexity index is 164. The molecule has 4 heteroatoms. The highest BCUT2D eigenvalue weighted by atomic mass is 16.4. The third-order valence-electron chi connectivity index (χ3n) is 1.26. The Hall–Kier alpha value is -0.870. The van der Waals surface area contributed by atoms with Crippen LogP contribution in [-0.4, -0.2) is 23.2 Å². The van der Waals surface area contributed by atoms with Gasteiger partial charge < -0.3 is 16.6 Å². The van der Waals surface area contributed by atoms with Gasteiger partial charge in [0.2, 0.25) is 0 Å². The largest absolute Gasteiger partial charge is 0.480 e. The summed E-state index contributed by atoms with van der Waals surface area (Å²) in [6.45, 7) is 1.94. The van der Waals surface area contributed by atoms with Crippen molar-refractivity contribution in [1.29, 1.82) is 0 Å². The van der Waals surface area contributed by atoms with Gasteiger partial charge in [0.05, 0.1) is 0 Å². The molecule has 1 atom stereocenters. The first-order valence-corrected chi connectivity index (χ1v) is 3.40. The molecule has 0 aliphatic heterocycles. The lowest BCUT2D eigenvalue weighted by molar-refractivity contribution is -0.140. The molecule has 0 fully saturated rings. The second-order valence-electron chi connectivity index (χ2n) is 2.57. The molecule has 0 saturated carbocycles. The first-order valence-electron chi connectivity index (χ1n) is 3.40. The number of carbonyl (C=O) groups is 1. The Labute approximate surface area is 65.9 Å². The Morgan fingerprint density at radius 3 is 2.64 bits per heavy atom. The van der Waals surface area contributed by atoms with Crippen LogP contribution in [0.1, 0.15) is 13.3 Å². The number of carboxylic acid groups (broad SMARTS) is 1. The van der Waals surface area contributed by atoms with E-state index in [1.807, 2.05) is 0 Å². The second kappa shape index (κ2) is 4.10. The summed E-state index contributed by atoms with van der Waals surface area (Å²) in [6.07, 6.45) is 3.77. The van der Waals surface area contributed by atoms with Crippen molar-refractivity contribution >= 4 is 5.97 Å². The third kappa shape index (κ3) is 3.75. The summed E-state index contributed by atoms with van der Waals surface area (Å²) in [5.74, 6) is -1.04. The third-order valence-corrected chi connectivity index (χ3v) is 1.26. The molecular formula is C7H14N2O2. The van der Waals surface area contributed by atoms with Gasteiger partial charge in [-0.15, -0.1) is 0 Å². The van der Waals surface area contributed by atoms with Crippen LogP contribution in [0.15, 0.2) is 12.2 Å². The van der Waals surface area contributed by atoms with E-state index < -0.39 is 11.5 Å². The van der Waals surface area contributed by atoms with Crippen molar-refractivity contribution < 1.29 is 9.90 Å². The molecule has 5 N–H and O–H groups in total. The maximum absolute atomic E-state index is 10.4. The number of hydrogen-bond donors (Lipinski definition) is 3. The Balaban J connectivity index is 4.00. The fourth-order valence-electron chi connectivity index (χ4n) is 0.496. The number of hydrogen-bond acceptors (Lipinski definition) is 3. The average Bonchev–Trinajstić information content (AvgIpc) is 1.88. The Morgan fingerprint density at radius 1 is 1.73 bits per heavy atom. The van der Waals surface area contributed by atoms with E-state index in [0.717, 1.165) is 0 Å². The van der Waals surface area contributed by atoms with E-state index >= 15 is 0 Å². The van der Waals surface area contributed by atoms with Crippen LogP contribution in [-0.2, 0) is 4.79 Å². The van der Waals surface area contributed by atoms with Crippen molar-refractivity contribution in [2.24, 2.45) is 11.5 Å². The predicted octanol–water partition coefficient (Wildman–Crippen LogP) is -0.307. The zero-order chi connectivity index (χ0) is 8.91. The van der Waals surface area contributed by atoms with Gasteiger partial charge in [0.1, 0.15) is 5.54 Å². The minimum absolute atomic E-state index is 0.506. The highest BCUT2D eigenvalue weighted by molar-refractivity contribution is 5.80. The monoisotopic (exact) mass is 158 g/mol. The topological polar surface area (TPSA) is 89.3 Å². The minimum Gasteiger partial charge on any atom is -0.480 e. The predicted molar refractivity (Wildman–Crippen MR) is 43.0 cm³/mol. The van der Waals surface area contributed by atoms with Crippen molar-refractivity contribution in [3.05, 3.63) is 12.2 Å². The van der Waals surface area contributed by atoms with E-state index in [-0.39, 0.29) is 0 Å². The molecule has 4 nitrogen and oxygen atoms in total. The zero-order valence-corrected chi connectivity index (χ0v) is 6.58. The molecule has 0 spiro atoms. The van der Waals surface area contributed by atoms with Crippen LogP contribution in [0.5, 0.6) is 0 Å². The highest BCUT2D eigenvalue weighted by Crippen LogP contribution is 2.01. The molecule has 0 aromatic rings. The number of aliphatic carboxylic acids is 1. The van der Waals surface area contributed by atoms with Gasteiger partial charge in [0.25, 0.3) is 0 Å². The van der Waals surface area contributed by atoms with Crippen molar-refractivity contribution in [2.45, 2.75) is 18.9 Å². The van der Waals surface area contributed by atoms with Crippen molar-refractivity contribution in [3.8, 4) is 0 Å². The van der Waals surface area contributed by atoms with Crippen LogP contribution in [0.3, 0.4) is 0 Å². The zero-order valence-electron chi connectivity index (χ0n) is 6.58. The Morgan fingerprint density at radius 2 is 2.27 bits per heavy atom. The smallest absolute Gasteiger partial charge is 0.327 e. The molecule has 0 aromatic heterocycles. The molecule has 0 aromatic carbocycles. The molecule has 0 aliphatic rings. The van der Waals surface area contributed by atoms with E-state index in [9.17, 15) is 4.79 Å². The van der Waals surface area contributed by atoms with Gasteiger partial charge in [0, 0.05) is 0 Å². The summed E-state index contributed by atoms with van der Waals surface area (Å²) in [4.78, 5) is 10.4. The van der Waals surface area contributed by atoms with Crippen LogP contribution in [0.25, 0.3) is 0 Å². The SMILES string of the molecule is CC(N)(C=CCCN)C(=O)O. The van der Waals surface area contributed by atoms with E-state index in [1.54, 1.807) is 6.08 Å². The van der Waals surface area contributed by atoms with E-state index in [2.05, 4.69) is 0 Å². The molecule has 64 valence electrons. The minimum atomic E-state index is -1.27. The van der Waals surface area contributed by atoms with Gasteiger partial charge in [-0.05, 0) is 19.9 Å². The van der Waals surface area contributed by atoms with E-state index in [0.29, 0.717) is 13.0 Å². The molecule has 1 unspecified atom stereocenters. The van der Waals surface area contributed by atoms with Gasteiger partial charge >= 0.3 is 5.97 Å². The van der Waals surface area contributed by atoms with E-state index in [4.69, 9.17) is 16.6 Å². The number of carboxylic acids is 1. The van der Waals surface area contributed by atoms with Gasteiger partial charge in [-0.3, -0.25) is 0 Å². The molecule has 0 aliphatic carbocycles. The van der Waals surface area contributed by atoms with Crippen LogP contribution in [0.2, 0.25) is 0 Å². The average molecular weight is 158 g/mol. The second-order valence-corrected chi connectivity index (χ2v) is 2.57. The normalized spacial score (nSPS) is 16.6. The summed E-state index contributed by atoms with van der Waals surface area (Å²) in [7, 11) is 0. The number of rotatable bonds is 4. The lowest BCUT2D eigenvalue weighted by Crippen LogP contribution is -2.42. The molecule has 0 rings (SSSR count). The Kier molecular flexibility index (Phi) is 3.78. The van der Waals surface area contributed by atoms with Crippen molar-refractivity contribution in [3.63, 3.8) is 0 Å². The van der Waals surface area contributed by atoms with Gasteiger partial charge in [-0.2, -0.15) is 0 Å².